The maximum absolute atomic E-state index is 11.5. The number of amidine groups is 1. The molecule has 0 saturated carbocycles. The minimum atomic E-state index is 0.171. The SMILES string of the molecule is CCNC(=NC)[C@@H]1CC[C@H](C)N(C(C)=O)C1. The first-order chi connectivity index (χ1) is 7.60. The summed E-state index contributed by atoms with van der Waals surface area (Å²) in [4.78, 5) is 17.7. The van der Waals surface area contributed by atoms with E-state index in [1.807, 2.05) is 11.9 Å². The number of nitrogens with one attached hydrogen (secondary N) is 1. The molecule has 1 heterocycles. The molecule has 92 valence electrons. The van der Waals surface area contributed by atoms with E-state index in [9.17, 15) is 4.79 Å². The monoisotopic (exact) mass is 225 g/mol. The van der Waals surface area contributed by atoms with Crippen LogP contribution in [0.1, 0.15) is 33.6 Å². The van der Waals surface area contributed by atoms with Crippen molar-refractivity contribution in [1.82, 2.24) is 10.2 Å². The van der Waals surface area contributed by atoms with Gasteiger partial charge in [-0.05, 0) is 26.7 Å². The fourth-order valence-electron chi connectivity index (χ4n) is 2.36. The van der Waals surface area contributed by atoms with Gasteiger partial charge in [-0.15, -0.1) is 0 Å². The fraction of sp³-hybridized carbons (Fsp3) is 0.833. The Kier molecular flexibility index (Phi) is 4.77. The van der Waals surface area contributed by atoms with Crippen molar-refractivity contribution < 1.29 is 4.79 Å². The molecule has 1 aliphatic rings. The third-order valence-corrected chi connectivity index (χ3v) is 3.27. The smallest absolute Gasteiger partial charge is 0.219 e. The fourth-order valence-corrected chi connectivity index (χ4v) is 2.36. The molecule has 4 heteroatoms. The summed E-state index contributed by atoms with van der Waals surface area (Å²) < 4.78 is 0. The lowest BCUT2D eigenvalue weighted by Gasteiger charge is -2.37. The molecule has 1 N–H and O–H groups in total. The van der Waals surface area contributed by atoms with Crippen LogP contribution in [0.4, 0.5) is 0 Å². The predicted octanol–water partition coefficient (Wildman–Crippen LogP) is 1.27. The van der Waals surface area contributed by atoms with Gasteiger partial charge in [0, 0.05) is 39.0 Å². The van der Waals surface area contributed by atoms with Gasteiger partial charge in [0.1, 0.15) is 5.84 Å². The van der Waals surface area contributed by atoms with Crippen molar-refractivity contribution in [3.05, 3.63) is 0 Å². The summed E-state index contributed by atoms with van der Waals surface area (Å²) in [5.74, 6) is 1.59. The van der Waals surface area contributed by atoms with Gasteiger partial charge in [0.05, 0.1) is 0 Å². The molecule has 0 aliphatic carbocycles. The molecule has 16 heavy (non-hydrogen) atoms. The first-order valence-electron chi connectivity index (χ1n) is 6.07. The Bertz CT molecular complexity index is 275. The van der Waals surface area contributed by atoms with Crippen molar-refractivity contribution >= 4 is 11.7 Å². The van der Waals surface area contributed by atoms with Crippen molar-refractivity contribution in [3.8, 4) is 0 Å². The largest absolute Gasteiger partial charge is 0.374 e. The molecule has 1 saturated heterocycles. The molecule has 0 aromatic rings. The number of carbonyl (C=O) groups excluding carboxylic acids is 1. The van der Waals surface area contributed by atoms with E-state index in [0.29, 0.717) is 12.0 Å². The van der Waals surface area contributed by atoms with E-state index in [0.717, 1.165) is 31.8 Å². The molecule has 0 radical (unpaired) electrons. The van der Waals surface area contributed by atoms with E-state index in [1.54, 1.807) is 6.92 Å². The highest BCUT2D eigenvalue weighted by Gasteiger charge is 2.29. The van der Waals surface area contributed by atoms with Crippen LogP contribution in [0.15, 0.2) is 4.99 Å². The zero-order chi connectivity index (χ0) is 12.1. The average Bonchev–Trinajstić information content (AvgIpc) is 2.26. The third-order valence-electron chi connectivity index (χ3n) is 3.27. The first-order valence-corrected chi connectivity index (χ1v) is 6.07. The highest BCUT2D eigenvalue weighted by Crippen LogP contribution is 2.22. The summed E-state index contributed by atoms with van der Waals surface area (Å²) in [5.41, 5.74) is 0. The molecule has 2 atom stereocenters. The summed E-state index contributed by atoms with van der Waals surface area (Å²) in [6.45, 7) is 7.52. The van der Waals surface area contributed by atoms with Crippen LogP contribution in [0, 0.1) is 5.92 Å². The number of amides is 1. The van der Waals surface area contributed by atoms with Crippen molar-refractivity contribution in [2.45, 2.75) is 39.7 Å². The lowest BCUT2D eigenvalue weighted by atomic mass is 9.92. The molecule has 4 nitrogen and oxygen atoms in total. The topological polar surface area (TPSA) is 44.7 Å². The normalized spacial score (nSPS) is 26.8. The van der Waals surface area contributed by atoms with E-state index < -0.39 is 0 Å². The Labute approximate surface area is 98.1 Å². The minimum Gasteiger partial charge on any atom is -0.374 e. The number of hydrogen-bond acceptors (Lipinski definition) is 2. The van der Waals surface area contributed by atoms with Crippen LogP contribution in [0.3, 0.4) is 0 Å². The Morgan fingerprint density at radius 1 is 1.50 bits per heavy atom. The third kappa shape index (κ3) is 2.97. The molecule has 1 rings (SSSR count). The van der Waals surface area contributed by atoms with Crippen LogP contribution in [0.5, 0.6) is 0 Å². The lowest BCUT2D eigenvalue weighted by Crippen LogP contribution is -2.48. The van der Waals surface area contributed by atoms with Gasteiger partial charge in [0.2, 0.25) is 5.91 Å². The molecule has 1 aliphatic heterocycles. The molecule has 0 bridgehead atoms. The second kappa shape index (κ2) is 5.87. The van der Waals surface area contributed by atoms with E-state index in [2.05, 4.69) is 24.2 Å². The molecule has 0 spiro atoms. The predicted molar refractivity (Wildman–Crippen MR) is 66.6 cm³/mol. The average molecular weight is 225 g/mol. The molecule has 1 amide bonds. The summed E-state index contributed by atoms with van der Waals surface area (Å²) in [6.07, 6.45) is 2.18. The second-order valence-electron chi connectivity index (χ2n) is 4.43. The minimum absolute atomic E-state index is 0.171. The van der Waals surface area contributed by atoms with Gasteiger partial charge in [-0.3, -0.25) is 9.79 Å². The van der Waals surface area contributed by atoms with E-state index >= 15 is 0 Å². The van der Waals surface area contributed by atoms with E-state index in [1.165, 1.54) is 0 Å². The number of piperidine rings is 1. The van der Waals surface area contributed by atoms with Gasteiger partial charge in [0.15, 0.2) is 0 Å². The van der Waals surface area contributed by atoms with Crippen LogP contribution >= 0.6 is 0 Å². The Morgan fingerprint density at radius 2 is 2.19 bits per heavy atom. The number of aliphatic imine (C=N–C) groups is 1. The number of rotatable bonds is 2. The summed E-state index contributed by atoms with van der Waals surface area (Å²) in [6, 6.07) is 0.369. The van der Waals surface area contributed by atoms with Crippen LogP contribution in [0.25, 0.3) is 0 Å². The van der Waals surface area contributed by atoms with Gasteiger partial charge in [0.25, 0.3) is 0 Å². The van der Waals surface area contributed by atoms with Crippen LogP contribution in [-0.2, 0) is 4.79 Å². The Morgan fingerprint density at radius 3 is 2.69 bits per heavy atom. The Hall–Kier alpha value is -1.06. The summed E-state index contributed by atoms with van der Waals surface area (Å²) in [7, 11) is 1.81. The van der Waals surface area contributed by atoms with Gasteiger partial charge < -0.3 is 10.2 Å². The zero-order valence-electron chi connectivity index (χ0n) is 10.8. The van der Waals surface area contributed by atoms with Gasteiger partial charge in [-0.25, -0.2) is 0 Å². The van der Waals surface area contributed by atoms with Crippen LogP contribution in [0.2, 0.25) is 0 Å². The van der Waals surface area contributed by atoms with E-state index in [-0.39, 0.29) is 5.91 Å². The molecule has 0 aromatic heterocycles. The highest BCUT2D eigenvalue weighted by atomic mass is 16.2. The number of likely N-dealkylation sites (tertiary alicyclic amines) is 1. The van der Waals surface area contributed by atoms with Crippen LogP contribution in [-0.4, -0.2) is 42.8 Å². The van der Waals surface area contributed by atoms with Crippen LogP contribution < -0.4 is 5.32 Å². The molecule has 0 unspecified atom stereocenters. The molecule has 1 fully saturated rings. The number of nitrogens with zero attached hydrogens (tertiary/aromatic N) is 2. The van der Waals surface area contributed by atoms with Crippen molar-refractivity contribution in [2.75, 3.05) is 20.1 Å². The summed E-state index contributed by atoms with van der Waals surface area (Å²) >= 11 is 0. The van der Waals surface area contributed by atoms with E-state index in [4.69, 9.17) is 0 Å². The Balaban J connectivity index is 2.67. The van der Waals surface area contributed by atoms with Crippen molar-refractivity contribution in [1.29, 1.82) is 0 Å². The molecular formula is C12H23N3O. The highest BCUT2D eigenvalue weighted by molar-refractivity contribution is 5.85. The lowest BCUT2D eigenvalue weighted by molar-refractivity contribution is -0.132. The zero-order valence-corrected chi connectivity index (χ0v) is 10.8. The van der Waals surface area contributed by atoms with Gasteiger partial charge in [-0.1, -0.05) is 0 Å². The quantitative estimate of drug-likeness (QED) is 0.568. The molecular weight excluding hydrogens is 202 g/mol. The maximum atomic E-state index is 11.5. The first kappa shape index (κ1) is 13.0. The summed E-state index contributed by atoms with van der Waals surface area (Å²) in [5, 5.41) is 3.29. The second-order valence-corrected chi connectivity index (χ2v) is 4.43. The van der Waals surface area contributed by atoms with Gasteiger partial charge in [-0.2, -0.15) is 0 Å². The van der Waals surface area contributed by atoms with Crippen molar-refractivity contribution in [3.63, 3.8) is 0 Å². The molecule has 0 aromatic carbocycles. The maximum Gasteiger partial charge on any atom is 0.219 e. The van der Waals surface area contributed by atoms with Crippen molar-refractivity contribution in [2.24, 2.45) is 10.9 Å². The number of hydrogen-bond donors (Lipinski definition) is 1. The number of carbonyl (C=O) groups is 1. The van der Waals surface area contributed by atoms with Gasteiger partial charge >= 0.3 is 0 Å². The standard InChI is InChI=1S/C12H23N3O/c1-5-14-12(13-4)11-7-6-9(2)15(8-11)10(3)16/h9,11H,5-8H2,1-4H3,(H,13,14)/t9-,11+/m0/s1.